The van der Waals surface area contributed by atoms with Crippen LogP contribution in [0, 0.1) is 12.8 Å². The lowest BCUT2D eigenvalue weighted by molar-refractivity contribution is -0.274. The Morgan fingerprint density at radius 2 is 1.63 bits per heavy atom. The van der Waals surface area contributed by atoms with Crippen LogP contribution in [0.4, 0.5) is 13.2 Å². The van der Waals surface area contributed by atoms with Crippen molar-refractivity contribution in [1.29, 1.82) is 0 Å². The average molecular weight is 572 g/mol. The molecule has 2 N–H and O–H groups in total. The van der Waals surface area contributed by atoms with Crippen molar-refractivity contribution in [2.75, 3.05) is 7.11 Å². The molecule has 0 saturated carbocycles. The molecular formula is C30H28F3NO7. The van der Waals surface area contributed by atoms with Crippen molar-refractivity contribution in [3.8, 4) is 23.0 Å². The van der Waals surface area contributed by atoms with Gasteiger partial charge in [0.15, 0.2) is 23.4 Å². The number of benzene rings is 3. The quantitative estimate of drug-likeness (QED) is 0.214. The molecule has 8 nitrogen and oxygen atoms in total. The van der Waals surface area contributed by atoms with Gasteiger partial charge >= 0.3 is 12.3 Å². The zero-order chi connectivity index (χ0) is 30.1. The van der Waals surface area contributed by atoms with Gasteiger partial charge in [0.25, 0.3) is 0 Å². The number of halogens is 3. The zero-order valence-electron chi connectivity index (χ0n) is 22.7. The monoisotopic (exact) mass is 571 g/mol. The number of hydrogen-bond donors (Lipinski definition) is 2. The van der Waals surface area contributed by atoms with E-state index in [0.29, 0.717) is 39.0 Å². The summed E-state index contributed by atoms with van der Waals surface area (Å²) in [6, 6.07) is 14.6. The van der Waals surface area contributed by atoms with Gasteiger partial charge in [0.1, 0.15) is 11.5 Å². The second-order valence-corrected chi connectivity index (χ2v) is 9.75. The van der Waals surface area contributed by atoms with Gasteiger partial charge in [0.05, 0.1) is 18.2 Å². The third kappa shape index (κ3) is 6.40. The van der Waals surface area contributed by atoms with Crippen LogP contribution >= 0.6 is 0 Å². The molecule has 0 aliphatic rings. The number of nitrogens with zero attached hydrogens (tertiary/aromatic N) is 1. The minimum absolute atomic E-state index is 0.0593. The lowest BCUT2D eigenvalue weighted by atomic mass is 10.0. The van der Waals surface area contributed by atoms with Crippen LogP contribution in [0.3, 0.4) is 0 Å². The topological polar surface area (TPSA) is 107 Å². The largest absolute Gasteiger partial charge is 0.573 e. The summed E-state index contributed by atoms with van der Waals surface area (Å²) in [4.78, 5) is 25.3. The maximum Gasteiger partial charge on any atom is 0.573 e. The number of phenols is 1. The summed E-state index contributed by atoms with van der Waals surface area (Å²) in [5.41, 5.74) is 1.98. The van der Waals surface area contributed by atoms with Gasteiger partial charge in [0.2, 0.25) is 0 Å². The Morgan fingerprint density at radius 3 is 2.22 bits per heavy atom. The van der Waals surface area contributed by atoms with Crippen LogP contribution < -0.4 is 14.2 Å². The predicted octanol–water partition coefficient (Wildman–Crippen LogP) is 6.33. The van der Waals surface area contributed by atoms with E-state index >= 15 is 0 Å². The zero-order valence-corrected chi connectivity index (χ0v) is 22.7. The molecule has 0 radical (unpaired) electrons. The number of carbonyl (C=O) groups is 2. The van der Waals surface area contributed by atoms with Crippen LogP contribution in [0.15, 0.2) is 60.7 Å². The average Bonchev–Trinajstić information content (AvgIpc) is 3.17. The summed E-state index contributed by atoms with van der Waals surface area (Å²) in [5, 5.41) is 20.2. The lowest BCUT2D eigenvalue weighted by Crippen LogP contribution is -2.32. The summed E-state index contributed by atoms with van der Waals surface area (Å²) in [5.74, 6) is -2.17. The highest BCUT2D eigenvalue weighted by Gasteiger charge is 2.32. The summed E-state index contributed by atoms with van der Waals surface area (Å²) in [6.45, 7) is 5.07. The molecule has 3 aromatic carbocycles. The Labute approximate surface area is 233 Å². The van der Waals surface area contributed by atoms with Crippen LogP contribution in [0.25, 0.3) is 10.9 Å². The Bertz CT molecular complexity index is 1590. The first kappa shape index (κ1) is 29.3. The summed E-state index contributed by atoms with van der Waals surface area (Å²) in [7, 11) is 1.50. The number of hydrogen-bond acceptors (Lipinski definition) is 6. The minimum Gasteiger partial charge on any atom is -0.504 e. The highest BCUT2D eigenvalue weighted by Crippen LogP contribution is 2.35. The molecule has 4 aromatic rings. The SMILES string of the molecule is COc1ccc(C(=O)c2c(C)n(Cc3ccc(O)c(OC(C(=O)O)C(C)C)c3)c3cc(OC(F)(F)F)ccc23)cc1. The molecule has 0 bridgehead atoms. The summed E-state index contributed by atoms with van der Waals surface area (Å²) >= 11 is 0. The molecule has 216 valence electrons. The number of carboxylic acid groups (broad SMARTS) is 1. The highest BCUT2D eigenvalue weighted by atomic mass is 19.4. The lowest BCUT2D eigenvalue weighted by Gasteiger charge is -2.20. The second kappa shape index (κ2) is 11.4. The number of alkyl halides is 3. The molecule has 0 amide bonds. The van der Waals surface area contributed by atoms with Gasteiger partial charge in [-0.2, -0.15) is 0 Å². The smallest absolute Gasteiger partial charge is 0.504 e. The number of methoxy groups -OCH3 is 1. The van der Waals surface area contributed by atoms with Crippen molar-refractivity contribution in [1.82, 2.24) is 4.57 Å². The van der Waals surface area contributed by atoms with Crippen molar-refractivity contribution in [2.45, 2.75) is 39.8 Å². The minimum atomic E-state index is -4.91. The van der Waals surface area contributed by atoms with Gasteiger partial charge in [0, 0.05) is 35.2 Å². The van der Waals surface area contributed by atoms with Crippen LogP contribution in [0.5, 0.6) is 23.0 Å². The van der Waals surface area contributed by atoms with E-state index in [2.05, 4.69) is 4.74 Å². The normalized spacial score (nSPS) is 12.4. The molecule has 0 spiro atoms. The number of aliphatic carboxylic acids is 1. The van der Waals surface area contributed by atoms with E-state index < -0.39 is 30.1 Å². The second-order valence-electron chi connectivity index (χ2n) is 9.75. The Balaban J connectivity index is 1.82. The van der Waals surface area contributed by atoms with E-state index in [4.69, 9.17) is 9.47 Å². The third-order valence-corrected chi connectivity index (χ3v) is 6.58. The van der Waals surface area contributed by atoms with Gasteiger partial charge in [-0.1, -0.05) is 19.9 Å². The van der Waals surface area contributed by atoms with E-state index in [9.17, 15) is 33.0 Å². The molecule has 1 atom stereocenters. The van der Waals surface area contributed by atoms with Gasteiger partial charge in [-0.05, 0) is 61.0 Å². The van der Waals surface area contributed by atoms with Crippen LogP contribution in [0.2, 0.25) is 0 Å². The Morgan fingerprint density at radius 1 is 0.976 bits per heavy atom. The maximum atomic E-state index is 13.6. The summed E-state index contributed by atoms with van der Waals surface area (Å²) in [6.07, 6.45) is -6.14. The van der Waals surface area contributed by atoms with Crippen molar-refractivity contribution < 1.29 is 47.2 Å². The Kier molecular flexibility index (Phi) is 8.18. The van der Waals surface area contributed by atoms with Crippen molar-refractivity contribution in [3.05, 3.63) is 83.0 Å². The molecule has 0 saturated heterocycles. The van der Waals surface area contributed by atoms with E-state index in [-0.39, 0.29) is 23.8 Å². The molecule has 1 unspecified atom stereocenters. The van der Waals surface area contributed by atoms with E-state index in [1.54, 1.807) is 55.7 Å². The molecular weight excluding hydrogens is 543 g/mol. The number of carboxylic acids is 1. The Hall–Kier alpha value is -4.67. The fourth-order valence-corrected chi connectivity index (χ4v) is 4.57. The fraction of sp³-hybridized carbons (Fsp3) is 0.267. The molecule has 1 aromatic heterocycles. The first-order valence-corrected chi connectivity index (χ1v) is 12.6. The summed E-state index contributed by atoms with van der Waals surface area (Å²) < 4.78 is 55.6. The first-order valence-electron chi connectivity index (χ1n) is 12.6. The number of phenolic OH excluding ortho intramolecular Hbond substituents is 1. The number of aromatic hydroxyl groups is 1. The molecule has 1 heterocycles. The van der Waals surface area contributed by atoms with Crippen LogP contribution in [0.1, 0.15) is 41.0 Å². The van der Waals surface area contributed by atoms with E-state index in [1.807, 2.05) is 0 Å². The van der Waals surface area contributed by atoms with Crippen LogP contribution in [-0.2, 0) is 11.3 Å². The maximum absolute atomic E-state index is 13.6. The van der Waals surface area contributed by atoms with Crippen molar-refractivity contribution in [2.24, 2.45) is 5.92 Å². The van der Waals surface area contributed by atoms with E-state index in [1.165, 1.54) is 31.4 Å². The molecule has 41 heavy (non-hydrogen) atoms. The standard InChI is InChI=1S/C30H28F3NO7/c1-16(2)28(29(37)38)40-25-13-18(5-12-24(25)35)15-34-17(3)26(27(36)19-6-8-20(39-4)9-7-19)22-11-10-21(14-23(22)34)41-30(31,32)33/h5-14,16,28,35H,15H2,1-4H3,(H,37,38). The van der Waals surface area contributed by atoms with Gasteiger partial charge < -0.3 is 29.0 Å². The van der Waals surface area contributed by atoms with Gasteiger partial charge in [-0.15, -0.1) is 13.2 Å². The molecule has 0 aliphatic heterocycles. The number of ketones is 1. The van der Waals surface area contributed by atoms with Crippen LogP contribution in [-0.4, -0.2) is 46.1 Å². The van der Waals surface area contributed by atoms with Crippen molar-refractivity contribution >= 4 is 22.7 Å². The van der Waals surface area contributed by atoms with E-state index in [0.717, 1.165) is 6.07 Å². The van der Waals surface area contributed by atoms with Crippen molar-refractivity contribution in [3.63, 3.8) is 0 Å². The number of ether oxygens (including phenoxy) is 3. The molecule has 0 fully saturated rings. The molecule has 11 heteroatoms. The first-order chi connectivity index (χ1) is 19.3. The third-order valence-electron chi connectivity index (χ3n) is 6.58. The van der Waals surface area contributed by atoms with Gasteiger partial charge in [-0.3, -0.25) is 4.79 Å². The fourth-order valence-electron chi connectivity index (χ4n) is 4.57. The highest BCUT2D eigenvalue weighted by molar-refractivity contribution is 6.17. The molecule has 4 rings (SSSR count). The number of carbonyl (C=O) groups excluding carboxylic acids is 1. The number of fused-ring (bicyclic) bond motifs is 1. The predicted molar refractivity (Wildman–Crippen MR) is 144 cm³/mol. The molecule has 0 aliphatic carbocycles. The number of aromatic nitrogens is 1. The van der Waals surface area contributed by atoms with Gasteiger partial charge in [-0.25, -0.2) is 4.79 Å². The number of rotatable bonds is 10.